The van der Waals surface area contributed by atoms with E-state index in [2.05, 4.69) is 15.3 Å². The number of aryl methyl sites for hydroxylation is 1. The molecule has 0 saturated heterocycles. The van der Waals surface area contributed by atoms with Crippen molar-refractivity contribution in [2.75, 3.05) is 5.32 Å². The number of anilines is 1. The van der Waals surface area contributed by atoms with Crippen LogP contribution in [0.1, 0.15) is 15.4 Å². The molecule has 4 rings (SSSR count). The van der Waals surface area contributed by atoms with Gasteiger partial charge in [0.25, 0.3) is 5.91 Å². The molecule has 1 N–H and O–H groups in total. The lowest BCUT2D eigenvalue weighted by molar-refractivity contribution is -0.380. The number of aromatic nitrogens is 3. The molecular formula is C16H10FN5O3S2. The minimum absolute atomic E-state index is 0.146. The quantitative estimate of drug-likeness (QED) is 0.408. The van der Waals surface area contributed by atoms with Crippen molar-refractivity contribution in [3.63, 3.8) is 0 Å². The minimum atomic E-state index is -0.561. The number of amides is 1. The molecule has 3 aromatic heterocycles. The first kappa shape index (κ1) is 17.2. The fourth-order valence-electron chi connectivity index (χ4n) is 2.48. The Morgan fingerprint density at radius 1 is 1.30 bits per heavy atom. The molecule has 0 radical (unpaired) electrons. The highest BCUT2D eigenvalue weighted by Gasteiger charge is 2.20. The van der Waals surface area contributed by atoms with Gasteiger partial charge >= 0.3 is 5.00 Å². The van der Waals surface area contributed by atoms with Crippen molar-refractivity contribution in [2.24, 2.45) is 0 Å². The van der Waals surface area contributed by atoms with Crippen LogP contribution in [0.3, 0.4) is 0 Å². The molecule has 27 heavy (non-hydrogen) atoms. The third-order valence-corrected chi connectivity index (χ3v) is 5.82. The number of imidazole rings is 1. The number of nitrogens with one attached hydrogen (secondary N) is 1. The summed E-state index contributed by atoms with van der Waals surface area (Å²) in [5, 5.41) is 13.3. The number of hydrogen-bond acceptors (Lipinski definition) is 7. The van der Waals surface area contributed by atoms with Crippen molar-refractivity contribution in [2.45, 2.75) is 6.92 Å². The summed E-state index contributed by atoms with van der Waals surface area (Å²) in [7, 11) is 0. The van der Waals surface area contributed by atoms with Crippen LogP contribution in [0, 0.1) is 22.9 Å². The Morgan fingerprint density at radius 2 is 2.04 bits per heavy atom. The molecule has 0 unspecified atom stereocenters. The van der Waals surface area contributed by atoms with Gasteiger partial charge in [-0.25, -0.2) is 14.4 Å². The van der Waals surface area contributed by atoms with Crippen LogP contribution in [0.25, 0.3) is 16.2 Å². The van der Waals surface area contributed by atoms with E-state index < -0.39 is 10.8 Å². The Morgan fingerprint density at radius 3 is 2.67 bits per heavy atom. The highest BCUT2D eigenvalue weighted by atomic mass is 32.1. The normalized spacial score (nSPS) is 11.0. The van der Waals surface area contributed by atoms with Gasteiger partial charge < -0.3 is 0 Å². The molecule has 1 aromatic carbocycles. The van der Waals surface area contributed by atoms with E-state index in [1.807, 2.05) is 0 Å². The van der Waals surface area contributed by atoms with Crippen molar-refractivity contribution in [3.05, 3.63) is 63.2 Å². The molecule has 1 amide bonds. The van der Waals surface area contributed by atoms with E-state index in [4.69, 9.17) is 0 Å². The average Bonchev–Trinajstić information content (AvgIpc) is 3.32. The molecule has 0 bridgehead atoms. The van der Waals surface area contributed by atoms with Crippen LogP contribution in [-0.2, 0) is 0 Å². The van der Waals surface area contributed by atoms with Gasteiger partial charge in [0.2, 0.25) is 0 Å². The number of hydrogen-bond donors (Lipinski definition) is 1. The molecule has 4 aromatic rings. The summed E-state index contributed by atoms with van der Waals surface area (Å²) in [6.45, 7) is 1.78. The number of carbonyl (C=O) groups is 1. The van der Waals surface area contributed by atoms with Crippen LogP contribution in [0.2, 0.25) is 0 Å². The predicted octanol–water partition coefficient (Wildman–Crippen LogP) is 4.13. The average molecular weight is 403 g/mol. The molecule has 0 saturated carbocycles. The van der Waals surface area contributed by atoms with Gasteiger partial charge in [-0.2, -0.15) is 0 Å². The maximum atomic E-state index is 13.1. The van der Waals surface area contributed by atoms with Crippen molar-refractivity contribution in [1.82, 2.24) is 14.4 Å². The number of benzene rings is 1. The Bertz CT molecular complexity index is 1180. The third kappa shape index (κ3) is 3.17. The molecule has 0 fully saturated rings. The largest absolute Gasteiger partial charge is 0.345 e. The lowest BCUT2D eigenvalue weighted by Gasteiger charge is -2.00. The molecule has 3 heterocycles. The second kappa shape index (κ2) is 6.52. The molecule has 0 spiro atoms. The molecule has 0 aliphatic carbocycles. The third-order valence-electron chi connectivity index (χ3n) is 3.80. The Labute approximate surface area is 159 Å². The monoisotopic (exact) mass is 403 g/mol. The molecular weight excluding hydrogens is 393 g/mol. The highest BCUT2D eigenvalue weighted by Crippen LogP contribution is 2.29. The number of nitrogens with zero attached hydrogens (tertiary/aromatic N) is 4. The first-order chi connectivity index (χ1) is 12.9. The molecule has 136 valence electrons. The van der Waals surface area contributed by atoms with Gasteiger partial charge in [-0.3, -0.25) is 24.6 Å². The zero-order valence-corrected chi connectivity index (χ0v) is 15.3. The lowest BCUT2D eigenvalue weighted by atomic mass is 10.2. The number of thiazole rings is 2. The molecule has 0 aliphatic heterocycles. The van der Waals surface area contributed by atoms with Gasteiger partial charge in [0.1, 0.15) is 16.9 Å². The summed E-state index contributed by atoms with van der Waals surface area (Å²) in [4.78, 5) is 32.0. The number of nitro groups is 1. The summed E-state index contributed by atoms with van der Waals surface area (Å²) < 4.78 is 14.8. The number of fused-ring (bicyclic) bond motifs is 1. The van der Waals surface area contributed by atoms with Gasteiger partial charge in [0.15, 0.2) is 10.1 Å². The fraction of sp³-hybridized carbons (Fsp3) is 0.0625. The second-order valence-corrected chi connectivity index (χ2v) is 7.50. The molecule has 0 atom stereocenters. The van der Waals surface area contributed by atoms with E-state index in [0.29, 0.717) is 21.2 Å². The van der Waals surface area contributed by atoms with Crippen molar-refractivity contribution in [1.29, 1.82) is 0 Å². The van der Waals surface area contributed by atoms with E-state index >= 15 is 0 Å². The fourth-order valence-corrected chi connectivity index (χ4v) is 4.11. The maximum absolute atomic E-state index is 13.1. The topological polar surface area (TPSA) is 102 Å². The van der Waals surface area contributed by atoms with Crippen molar-refractivity contribution >= 4 is 43.7 Å². The summed E-state index contributed by atoms with van der Waals surface area (Å²) in [5.74, 6) is -0.729. The summed E-state index contributed by atoms with van der Waals surface area (Å²) >= 11 is 1.98. The summed E-state index contributed by atoms with van der Waals surface area (Å²) in [5.41, 5.74) is 2.12. The number of rotatable bonds is 4. The summed E-state index contributed by atoms with van der Waals surface area (Å²) in [6, 6.07) is 6.00. The van der Waals surface area contributed by atoms with Gasteiger partial charge in [-0.05, 0) is 42.5 Å². The highest BCUT2D eigenvalue weighted by molar-refractivity contribution is 7.20. The molecule has 0 aliphatic rings. The van der Waals surface area contributed by atoms with Crippen molar-refractivity contribution in [3.8, 4) is 11.3 Å². The second-order valence-electron chi connectivity index (χ2n) is 5.52. The van der Waals surface area contributed by atoms with Crippen LogP contribution < -0.4 is 5.32 Å². The van der Waals surface area contributed by atoms with E-state index in [-0.39, 0.29) is 15.9 Å². The lowest BCUT2D eigenvalue weighted by Crippen LogP contribution is -2.11. The van der Waals surface area contributed by atoms with Crippen molar-refractivity contribution < 1.29 is 14.1 Å². The Kier molecular flexibility index (Phi) is 4.16. The van der Waals surface area contributed by atoms with Gasteiger partial charge in [0, 0.05) is 17.5 Å². The van der Waals surface area contributed by atoms with Crippen LogP contribution >= 0.6 is 22.7 Å². The minimum Gasteiger partial charge on any atom is -0.297 e. The molecule has 11 heteroatoms. The van der Waals surface area contributed by atoms with Crippen LogP contribution in [0.4, 0.5) is 14.5 Å². The van der Waals surface area contributed by atoms with E-state index in [0.717, 1.165) is 23.1 Å². The van der Waals surface area contributed by atoms with E-state index in [9.17, 15) is 19.3 Å². The van der Waals surface area contributed by atoms with Gasteiger partial charge in [0.05, 0.1) is 10.6 Å². The Hall–Kier alpha value is -3.18. The summed E-state index contributed by atoms with van der Waals surface area (Å²) in [6.07, 6.45) is 2.88. The van der Waals surface area contributed by atoms with Crippen LogP contribution in [0.5, 0.6) is 0 Å². The predicted molar refractivity (Wildman–Crippen MR) is 99.9 cm³/mol. The first-order valence-electron chi connectivity index (χ1n) is 7.58. The molecule has 8 nitrogen and oxygen atoms in total. The van der Waals surface area contributed by atoms with E-state index in [1.165, 1.54) is 23.5 Å². The zero-order valence-electron chi connectivity index (χ0n) is 13.7. The number of halogens is 1. The SMILES string of the molecule is Cc1c(C(=O)Nc2ncc([N+](=O)[O-])s2)sc2nc(-c3ccc(F)cc3)cn12. The van der Waals surface area contributed by atoms with Gasteiger partial charge in [-0.1, -0.05) is 11.3 Å². The number of carbonyl (C=O) groups excluding carboxylic acids is 1. The standard InChI is InChI=1S/C16H10FN5O3S2/c1-8-13(14(23)20-15-18-6-12(26-15)22(24)25)27-16-19-11(7-21(8)16)9-2-4-10(17)5-3-9/h2-7H,1H3,(H,18,20,23). The Balaban J connectivity index is 1.61. The van der Waals surface area contributed by atoms with Crippen LogP contribution in [0.15, 0.2) is 36.7 Å². The maximum Gasteiger partial charge on any atom is 0.345 e. The van der Waals surface area contributed by atoms with E-state index in [1.54, 1.807) is 29.7 Å². The smallest absolute Gasteiger partial charge is 0.297 e. The van der Waals surface area contributed by atoms with Crippen LogP contribution in [-0.4, -0.2) is 25.2 Å². The zero-order chi connectivity index (χ0) is 19.1. The van der Waals surface area contributed by atoms with Gasteiger partial charge in [-0.15, -0.1) is 0 Å². The first-order valence-corrected chi connectivity index (χ1v) is 9.21.